The van der Waals surface area contributed by atoms with Crippen LogP contribution < -0.4 is 20.5 Å². The van der Waals surface area contributed by atoms with E-state index in [0.717, 1.165) is 32.4 Å². The van der Waals surface area contributed by atoms with Crippen molar-refractivity contribution in [2.75, 3.05) is 31.6 Å². The monoisotopic (exact) mass is 395 g/mol. The lowest BCUT2D eigenvalue weighted by Gasteiger charge is -2.32. The molecule has 29 heavy (non-hydrogen) atoms. The molecule has 2 aromatic rings. The number of benzene rings is 2. The lowest BCUT2D eigenvalue weighted by atomic mass is 9.90. The zero-order valence-corrected chi connectivity index (χ0v) is 16.2. The van der Waals surface area contributed by atoms with Crippen LogP contribution in [0, 0.1) is 5.92 Å². The number of amides is 3. The summed E-state index contributed by atoms with van der Waals surface area (Å²) in [7, 11) is 0. The maximum absolute atomic E-state index is 12.6. The molecule has 152 valence electrons. The minimum absolute atomic E-state index is 0.0917. The standard InChI is InChI=1S/C22H25N3O4/c23-21(26)17-3-1-15(2-4-17)13-16-7-9-25(10-8-16)22(27)24-18-5-6-19-20(14-18)29-12-11-28-19/h1-6,14,16H,7-13H2,(H2,23,26)(H,24,27). The largest absolute Gasteiger partial charge is 0.486 e. The average molecular weight is 395 g/mol. The van der Waals surface area contributed by atoms with Crippen LogP contribution in [0.15, 0.2) is 42.5 Å². The van der Waals surface area contributed by atoms with E-state index >= 15 is 0 Å². The fraction of sp³-hybridized carbons (Fsp3) is 0.364. The lowest BCUT2D eigenvalue weighted by Crippen LogP contribution is -2.41. The molecule has 2 aliphatic heterocycles. The highest BCUT2D eigenvalue weighted by molar-refractivity contribution is 5.92. The summed E-state index contributed by atoms with van der Waals surface area (Å²) in [6.07, 6.45) is 2.84. The number of urea groups is 1. The van der Waals surface area contributed by atoms with Gasteiger partial charge in [0.1, 0.15) is 13.2 Å². The zero-order chi connectivity index (χ0) is 20.2. The number of nitrogens with one attached hydrogen (secondary N) is 1. The second-order valence-corrected chi connectivity index (χ2v) is 7.48. The molecule has 7 heteroatoms. The molecule has 0 aromatic heterocycles. The van der Waals surface area contributed by atoms with E-state index in [0.29, 0.717) is 41.9 Å². The van der Waals surface area contributed by atoms with Crippen molar-refractivity contribution in [2.24, 2.45) is 11.7 Å². The molecule has 1 fully saturated rings. The summed E-state index contributed by atoms with van der Waals surface area (Å²) < 4.78 is 11.1. The molecule has 0 aliphatic carbocycles. The van der Waals surface area contributed by atoms with Crippen LogP contribution in [0.3, 0.4) is 0 Å². The Labute approximate surface area is 169 Å². The number of carbonyl (C=O) groups excluding carboxylic acids is 2. The zero-order valence-electron chi connectivity index (χ0n) is 16.2. The first-order chi connectivity index (χ1) is 14.1. The first-order valence-electron chi connectivity index (χ1n) is 9.93. The van der Waals surface area contributed by atoms with E-state index < -0.39 is 5.91 Å². The maximum atomic E-state index is 12.6. The highest BCUT2D eigenvalue weighted by Crippen LogP contribution is 2.32. The lowest BCUT2D eigenvalue weighted by molar-refractivity contribution is 0.1000. The van der Waals surface area contributed by atoms with Gasteiger partial charge in [-0.05, 0) is 55.0 Å². The SMILES string of the molecule is NC(=O)c1ccc(CC2CCN(C(=O)Nc3ccc4c(c3)OCCO4)CC2)cc1. The van der Waals surface area contributed by atoms with Crippen LogP contribution in [-0.2, 0) is 6.42 Å². The molecule has 2 heterocycles. The predicted octanol–water partition coefficient (Wildman–Crippen LogP) is 3.04. The highest BCUT2D eigenvalue weighted by atomic mass is 16.6. The maximum Gasteiger partial charge on any atom is 0.321 e. The molecule has 0 spiro atoms. The first-order valence-corrected chi connectivity index (χ1v) is 9.93. The number of hydrogen-bond acceptors (Lipinski definition) is 4. The van der Waals surface area contributed by atoms with Gasteiger partial charge in [0.15, 0.2) is 11.5 Å². The summed E-state index contributed by atoms with van der Waals surface area (Å²) in [6, 6.07) is 12.8. The summed E-state index contributed by atoms with van der Waals surface area (Å²) in [4.78, 5) is 25.6. The number of likely N-dealkylation sites (tertiary alicyclic amines) is 1. The Kier molecular flexibility index (Phi) is 5.55. The fourth-order valence-electron chi connectivity index (χ4n) is 3.80. The summed E-state index contributed by atoms with van der Waals surface area (Å²) >= 11 is 0. The topological polar surface area (TPSA) is 93.9 Å². The molecular formula is C22H25N3O4. The number of nitrogens with zero attached hydrogens (tertiary/aromatic N) is 1. The van der Waals surface area contributed by atoms with Crippen molar-refractivity contribution in [2.45, 2.75) is 19.3 Å². The summed E-state index contributed by atoms with van der Waals surface area (Å²) in [5.74, 6) is 1.48. The molecule has 4 rings (SSSR count). The van der Waals surface area contributed by atoms with E-state index in [1.807, 2.05) is 29.2 Å². The van der Waals surface area contributed by atoms with Crippen LogP contribution in [0.4, 0.5) is 10.5 Å². The smallest absolute Gasteiger partial charge is 0.321 e. The number of carbonyl (C=O) groups is 2. The van der Waals surface area contributed by atoms with Crippen LogP contribution in [0.2, 0.25) is 0 Å². The van der Waals surface area contributed by atoms with Crippen molar-refractivity contribution in [3.05, 3.63) is 53.6 Å². The van der Waals surface area contributed by atoms with Gasteiger partial charge in [-0.15, -0.1) is 0 Å². The Balaban J connectivity index is 1.27. The van der Waals surface area contributed by atoms with E-state index in [1.165, 1.54) is 5.56 Å². The third kappa shape index (κ3) is 4.62. The molecule has 1 saturated heterocycles. The van der Waals surface area contributed by atoms with Gasteiger partial charge >= 0.3 is 6.03 Å². The van der Waals surface area contributed by atoms with Gasteiger partial charge in [0.05, 0.1) is 0 Å². The number of primary amides is 1. The van der Waals surface area contributed by atoms with Crippen LogP contribution >= 0.6 is 0 Å². The molecule has 0 radical (unpaired) electrons. The normalized spacial score (nSPS) is 16.3. The first kappa shape index (κ1) is 19.1. The van der Waals surface area contributed by atoms with Gasteiger partial charge in [-0.1, -0.05) is 12.1 Å². The van der Waals surface area contributed by atoms with Crippen LogP contribution in [0.5, 0.6) is 11.5 Å². The number of piperidine rings is 1. The molecule has 0 unspecified atom stereocenters. The average Bonchev–Trinajstić information content (AvgIpc) is 2.74. The van der Waals surface area contributed by atoms with Gasteiger partial charge in [-0.25, -0.2) is 4.79 Å². The van der Waals surface area contributed by atoms with Gasteiger partial charge in [0.25, 0.3) is 0 Å². The molecule has 2 aromatic carbocycles. The van der Waals surface area contributed by atoms with Crippen molar-refractivity contribution < 1.29 is 19.1 Å². The second kappa shape index (κ2) is 8.43. The molecule has 0 atom stereocenters. The molecule has 0 bridgehead atoms. The van der Waals surface area contributed by atoms with Crippen molar-refractivity contribution in [3.63, 3.8) is 0 Å². The van der Waals surface area contributed by atoms with Crippen molar-refractivity contribution in [3.8, 4) is 11.5 Å². The van der Waals surface area contributed by atoms with Gasteiger partial charge in [0.2, 0.25) is 5.91 Å². The van der Waals surface area contributed by atoms with Crippen LogP contribution in [0.1, 0.15) is 28.8 Å². The van der Waals surface area contributed by atoms with E-state index in [-0.39, 0.29) is 6.03 Å². The third-order valence-electron chi connectivity index (χ3n) is 5.46. The minimum atomic E-state index is -0.408. The summed E-state index contributed by atoms with van der Waals surface area (Å²) in [5.41, 5.74) is 7.71. The van der Waals surface area contributed by atoms with E-state index in [9.17, 15) is 9.59 Å². The fourth-order valence-corrected chi connectivity index (χ4v) is 3.80. The van der Waals surface area contributed by atoms with Crippen molar-refractivity contribution in [1.29, 1.82) is 0 Å². The third-order valence-corrected chi connectivity index (χ3v) is 5.46. The number of hydrogen-bond donors (Lipinski definition) is 2. The molecule has 0 saturated carbocycles. The van der Waals surface area contributed by atoms with Gasteiger partial charge in [-0.3, -0.25) is 4.79 Å². The van der Waals surface area contributed by atoms with E-state index in [1.54, 1.807) is 18.2 Å². The van der Waals surface area contributed by atoms with Gasteiger partial charge in [0, 0.05) is 30.4 Å². The Hall–Kier alpha value is -3.22. The van der Waals surface area contributed by atoms with Crippen molar-refractivity contribution in [1.82, 2.24) is 4.90 Å². The van der Waals surface area contributed by atoms with Crippen LogP contribution in [0.25, 0.3) is 0 Å². The molecule has 3 N–H and O–H groups in total. The Bertz CT molecular complexity index is 889. The second-order valence-electron chi connectivity index (χ2n) is 7.48. The Morgan fingerprint density at radius 3 is 2.38 bits per heavy atom. The minimum Gasteiger partial charge on any atom is -0.486 e. The summed E-state index contributed by atoms with van der Waals surface area (Å²) in [5, 5.41) is 2.95. The molecule has 3 amide bonds. The van der Waals surface area contributed by atoms with E-state index in [4.69, 9.17) is 15.2 Å². The predicted molar refractivity (Wildman–Crippen MR) is 109 cm³/mol. The number of rotatable bonds is 4. The number of ether oxygens (including phenoxy) is 2. The summed E-state index contributed by atoms with van der Waals surface area (Å²) in [6.45, 7) is 2.51. The molecule has 7 nitrogen and oxygen atoms in total. The number of anilines is 1. The Morgan fingerprint density at radius 2 is 1.69 bits per heavy atom. The van der Waals surface area contributed by atoms with E-state index in [2.05, 4.69) is 5.32 Å². The molecular weight excluding hydrogens is 370 g/mol. The highest BCUT2D eigenvalue weighted by Gasteiger charge is 2.23. The Morgan fingerprint density at radius 1 is 1.00 bits per heavy atom. The van der Waals surface area contributed by atoms with Gasteiger partial charge in [-0.2, -0.15) is 0 Å². The van der Waals surface area contributed by atoms with Crippen LogP contribution in [-0.4, -0.2) is 43.1 Å². The number of nitrogens with two attached hydrogens (primary N) is 1. The quantitative estimate of drug-likeness (QED) is 0.832. The van der Waals surface area contributed by atoms with Gasteiger partial charge < -0.3 is 25.4 Å². The number of fused-ring (bicyclic) bond motifs is 1. The van der Waals surface area contributed by atoms with Crippen molar-refractivity contribution >= 4 is 17.6 Å². The molecule has 2 aliphatic rings.